The molecule has 0 amide bonds. The molecule has 0 N–H and O–H groups in total. The second kappa shape index (κ2) is 9.96. The van der Waals surface area contributed by atoms with Crippen molar-refractivity contribution in [3.05, 3.63) is 106 Å². The van der Waals surface area contributed by atoms with Crippen molar-refractivity contribution < 1.29 is 4.42 Å². The number of para-hydroxylation sites is 1. The molecule has 11 heteroatoms. The fourth-order valence-corrected chi connectivity index (χ4v) is 7.75. The van der Waals surface area contributed by atoms with Gasteiger partial charge in [0.2, 0.25) is 0 Å². The summed E-state index contributed by atoms with van der Waals surface area (Å²) in [5, 5.41) is 10.1. The van der Waals surface area contributed by atoms with Gasteiger partial charge in [-0.3, -0.25) is 0 Å². The molecule has 9 aromatic rings. The smallest absolute Gasteiger partial charge is 0.159 e. The van der Waals surface area contributed by atoms with Gasteiger partial charge < -0.3 is 13.6 Å². The first-order valence-electron chi connectivity index (χ1n) is 13.4. The van der Waals surface area contributed by atoms with Gasteiger partial charge in [-0.25, -0.2) is 0 Å². The average Bonchev–Trinajstić information content (AvgIpc) is 3.87. The van der Waals surface area contributed by atoms with E-state index >= 15 is 0 Å². The van der Waals surface area contributed by atoms with Crippen molar-refractivity contribution in [3.63, 3.8) is 0 Å². The van der Waals surface area contributed by atoms with E-state index in [4.69, 9.17) is 4.42 Å². The zero-order valence-electron chi connectivity index (χ0n) is 22.1. The van der Waals surface area contributed by atoms with Gasteiger partial charge in [-0.1, -0.05) is 12.1 Å². The van der Waals surface area contributed by atoms with E-state index in [9.17, 15) is 0 Å². The lowest BCUT2D eigenvalue weighted by Crippen LogP contribution is -2.00. The summed E-state index contributed by atoms with van der Waals surface area (Å²) >= 11 is 5.78. The van der Waals surface area contributed by atoms with E-state index < -0.39 is 0 Å². The van der Waals surface area contributed by atoms with Gasteiger partial charge in [-0.2, -0.15) is 17.5 Å². The van der Waals surface area contributed by atoms with Crippen molar-refractivity contribution in [2.45, 2.75) is 0 Å². The Labute approximate surface area is 261 Å². The molecule has 0 saturated carbocycles. The molecule has 0 aliphatic rings. The highest BCUT2D eigenvalue weighted by Crippen LogP contribution is 2.40. The number of rotatable bonds is 6. The maximum atomic E-state index is 6.64. The van der Waals surface area contributed by atoms with Crippen molar-refractivity contribution in [1.82, 2.24) is 26.6 Å². The van der Waals surface area contributed by atoms with E-state index in [1.54, 1.807) is 0 Å². The second-order valence-corrected chi connectivity index (χ2v) is 12.5. The van der Waals surface area contributed by atoms with Crippen LogP contribution in [0.3, 0.4) is 0 Å². The van der Waals surface area contributed by atoms with Crippen molar-refractivity contribution in [3.8, 4) is 56.9 Å². The van der Waals surface area contributed by atoms with Crippen LogP contribution in [0.15, 0.2) is 111 Å². The summed E-state index contributed by atoms with van der Waals surface area (Å²) in [6.45, 7) is 0. The van der Waals surface area contributed by atoms with Crippen LogP contribution in [0.5, 0.6) is 0 Å². The quantitative estimate of drug-likeness (QED) is 0.183. The predicted octanol–water partition coefficient (Wildman–Crippen LogP) is 9.66. The van der Waals surface area contributed by atoms with Gasteiger partial charge in [-0.15, -0.1) is 0 Å². The highest BCUT2D eigenvalue weighted by Gasteiger charge is 2.22. The summed E-state index contributed by atoms with van der Waals surface area (Å²) in [4.78, 5) is 0. The molecule has 0 aliphatic heterocycles. The van der Waals surface area contributed by atoms with Gasteiger partial charge in [0.25, 0.3) is 0 Å². The summed E-state index contributed by atoms with van der Waals surface area (Å²) < 4.78 is 29.7. The Balaban J connectivity index is 1.28. The molecular formula is C32H18N6OS4. The van der Waals surface area contributed by atoms with E-state index in [0.717, 1.165) is 78.9 Å². The van der Waals surface area contributed by atoms with E-state index in [1.165, 1.54) is 46.1 Å². The molecule has 2 aromatic carbocycles. The second-order valence-electron chi connectivity index (χ2n) is 9.85. The largest absolute Gasteiger partial charge is 0.454 e. The lowest BCUT2D eigenvalue weighted by molar-refractivity contribution is 0.665. The zero-order chi connectivity index (χ0) is 28.3. The van der Waals surface area contributed by atoms with Crippen LogP contribution >= 0.6 is 46.1 Å². The minimum atomic E-state index is 0.811. The molecule has 0 spiro atoms. The minimum Gasteiger partial charge on any atom is -0.454 e. The lowest BCUT2D eigenvalue weighted by atomic mass is 10.1. The molecule has 0 fully saturated rings. The number of aromatic nitrogens is 6. The van der Waals surface area contributed by atoms with Crippen LogP contribution in [-0.4, -0.2) is 26.6 Å². The van der Waals surface area contributed by atoms with Crippen molar-refractivity contribution in [2.24, 2.45) is 0 Å². The van der Waals surface area contributed by atoms with Gasteiger partial charge in [0.15, 0.2) is 5.58 Å². The fraction of sp³-hybridized carbons (Fsp3) is 0. The molecule has 43 heavy (non-hydrogen) atoms. The standard InChI is InChI=1S/C32H18N6OS4/c1-2-20-21-18-19(37-26(22-10-14-40-33-22)5-6-27(37)23-11-15-41-34-23)4-9-31(21)39-32(20)30(3-1)38-28(24-12-16-42-35-24)7-8-29(38)25-13-17-43-36-25/h1-18H. The van der Waals surface area contributed by atoms with Crippen molar-refractivity contribution in [1.29, 1.82) is 0 Å². The predicted molar refractivity (Wildman–Crippen MR) is 177 cm³/mol. The average molecular weight is 631 g/mol. The Kier molecular flexibility index (Phi) is 5.76. The summed E-state index contributed by atoms with van der Waals surface area (Å²) in [5.41, 5.74) is 11.3. The first kappa shape index (κ1) is 24.9. The van der Waals surface area contributed by atoms with Crippen LogP contribution in [0.25, 0.3) is 78.9 Å². The third kappa shape index (κ3) is 3.97. The molecule has 9 rings (SSSR count). The summed E-state index contributed by atoms with van der Waals surface area (Å²) in [5.74, 6) is 0. The Bertz CT molecular complexity index is 2240. The number of fused-ring (bicyclic) bond motifs is 3. The molecule has 206 valence electrons. The molecule has 0 radical (unpaired) electrons. The first-order chi connectivity index (χ1) is 21.3. The number of hydrogen-bond acceptors (Lipinski definition) is 9. The van der Waals surface area contributed by atoms with Crippen molar-refractivity contribution in [2.75, 3.05) is 0 Å². The topological polar surface area (TPSA) is 74.6 Å². The van der Waals surface area contributed by atoms with Crippen LogP contribution in [0.1, 0.15) is 0 Å². The van der Waals surface area contributed by atoms with Crippen LogP contribution in [0, 0.1) is 0 Å². The van der Waals surface area contributed by atoms with Crippen LogP contribution in [0.2, 0.25) is 0 Å². The van der Waals surface area contributed by atoms with Gasteiger partial charge in [0.05, 0.1) is 28.5 Å². The van der Waals surface area contributed by atoms with Crippen molar-refractivity contribution >= 4 is 68.1 Å². The summed E-state index contributed by atoms with van der Waals surface area (Å²) in [7, 11) is 0. The molecule has 0 unspecified atom stereocenters. The van der Waals surface area contributed by atoms with E-state index in [-0.39, 0.29) is 0 Å². The fourth-order valence-electron chi connectivity index (χ4n) is 5.68. The molecule has 7 aromatic heterocycles. The highest BCUT2D eigenvalue weighted by atomic mass is 32.1. The number of hydrogen-bond donors (Lipinski definition) is 0. The summed E-state index contributed by atoms with van der Waals surface area (Å²) in [6.07, 6.45) is 0. The summed E-state index contributed by atoms with van der Waals surface area (Å²) in [6, 6.07) is 29.3. The highest BCUT2D eigenvalue weighted by molar-refractivity contribution is 7.04. The van der Waals surface area contributed by atoms with E-state index in [1.807, 2.05) is 33.7 Å². The van der Waals surface area contributed by atoms with Gasteiger partial charge >= 0.3 is 0 Å². The Morgan fingerprint density at radius 1 is 0.488 bits per heavy atom. The third-order valence-corrected chi connectivity index (χ3v) is 9.76. The van der Waals surface area contributed by atoms with E-state index in [2.05, 4.69) is 99.4 Å². The maximum absolute atomic E-state index is 6.64. The molecule has 0 saturated heterocycles. The minimum absolute atomic E-state index is 0.811. The number of nitrogens with zero attached hydrogens (tertiary/aromatic N) is 6. The molecule has 0 atom stereocenters. The normalized spacial score (nSPS) is 11.7. The van der Waals surface area contributed by atoms with Gasteiger partial charge in [-0.05, 0) is 119 Å². The first-order valence-corrected chi connectivity index (χ1v) is 16.7. The maximum Gasteiger partial charge on any atom is 0.159 e. The Morgan fingerprint density at radius 2 is 1.00 bits per heavy atom. The van der Waals surface area contributed by atoms with Crippen LogP contribution < -0.4 is 0 Å². The Morgan fingerprint density at radius 3 is 1.49 bits per heavy atom. The molecule has 7 nitrogen and oxygen atoms in total. The van der Waals surface area contributed by atoms with Crippen LogP contribution in [0.4, 0.5) is 0 Å². The number of benzene rings is 2. The van der Waals surface area contributed by atoms with Gasteiger partial charge in [0.1, 0.15) is 28.4 Å². The van der Waals surface area contributed by atoms with Crippen LogP contribution in [-0.2, 0) is 0 Å². The monoisotopic (exact) mass is 630 g/mol. The molecule has 0 bridgehead atoms. The molecular weight excluding hydrogens is 613 g/mol. The third-order valence-electron chi connectivity index (χ3n) is 7.52. The number of furan rings is 1. The van der Waals surface area contributed by atoms with E-state index in [0.29, 0.717) is 0 Å². The molecule has 0 aliphatic carbocycles. The van der Waals surface area contributed by atoms with Gasteiger partial charge in [0, 0.05) is 38.0 Å². The Hall–Kier alpha value is -4.68. The SMILES string of the molecule is c1cc(-n2c(-c3ccsn3)ccc2-c2ccsn2)c2oc3ccc(-n4c(-c5ccsn5)ccc4-c4ccsn4)cc3c2c1. The lowest BCUT2D eigenvalue weighted by Gasteiger charge is -2.12. The molecule has 7 heterocycles. The zero-order valence-corrected chi connectivity index (χ0v) is 25.4.